The quantitative estimate of drug-likeness (QED) is 0.540. The van der Waals surface area contributed by atoms with E-state index >= 15 is 0 Å². The summed E-state index contributed by atoms with van der Waals surface area (Å²) in [5.41, 5.74) is 4.47. The molecule has 103 valence electrons. The van der Waals surface area contributed by atoms with Crippen molar-refractivity contribution < 1.29 is 51.0 Å². The minimum absolute atomic E-state index is 0. The Labute approximate surface area is 149 Å². The summed E-state index contributed by atoms with van der Waals surface area (Å²) in [5, 5.41) is 0. The Bertz CT molecular complexity index is 405. The van der Waals surface area contributed by atoms with Gasteiger partial charge in [-0.1, -0.05) is 56.9 Å². The van der Waals surface area contributed by atoms with Crippen LogP contribution in [-0.4, -0.2) is 0 Å². The van der Waals surface area contributed by atoms with E-state index in [-0.39, 0.29) is 56.4 Å². The first-order valence-electron chi connectivity index (χ1n) is 6.35. The van der Waals surface area contributed by atoms with Gasteiger partial charge in [0.1, 0.15) is 0 Å². The van der Waals surface area contributed by atoms with E-state index in [9.17, 15) is 0 Å². The molecule has 2 aliphatic rings. The van der Waals surface area contributed by atoms with E-state index < -0.39 is 0 Å². The van der Waals surface area contributed by atoms with E-state index in [0.29, 0.717) is 0 Å². The smallest absolute Gasteiger partial charge is 1.00 e. The van der Waals surface area contributed by atoms with Crippen LogP contribution in [0.15, 0.2) is 41.0 Å². The van der Waals surface area contributed by atoms with Crippen molar-refractivity contribution in [2.45, 2.75) is 46.5 Å². The van der Waals surface area contributed by atoms with Gasteiger partial charge in [0.25, 0.3) is 0 Å². The molecule has 0 aromatic heterocycles. The van der Waals surface area contributed by atoms with Crippen molar-refractivity contribution in [3.8, 4) is 0 Å². The zero-order valence-corrected chi connectivity index (χ0v) is 15.9. The third-order valence-corrected chi connectivity index (χ3v) is 3.53. The molecular weight excluding hydrogens is 354 g/mol. The van der Waals surface area contributed by atoms with Gasteiger partial charge in [0.05, 0.1) is 0 Å². The Morgan fingerprint density at radius 2 is 2.00 bits per heavy atom. The predicted octanol–water partition coefficient (Wildman–Crippen LogP) is -1.24. The molecule has 19 heavy (non-hydrogen) atoms. The fourth-order valence-electron chi connectivity index (χ4n) is 2.66. The van der Waals surface area contributed by atoms with E-state index in [2.05, 4.69) is 51.2 Å². The summed E-state index contributed by atoms with van der Waals surface area (Å²) in [4.78, 5) is 0. The SMILES string of the molecule is CCCCC1=[C-]CC=C1C1(C)C=CC(C)=C1.[Cl-].[Cl-].[Zr+3]. The molecule has 0 spiro atoms. The summed E-state index contributed by atoms with van der Waals surface area (Å²) in [6, 6.07) is 0. The average Bonchev–Trinajstić information content (AvgIpc) is 2.83. The summed E-state index contributed by atoms with van der Waals surface area (Å²) in [6.45, 7) is 6.74. The van der Waals surface area contributed by atoms with Crippen LogP contribution in [0.2, 0.25) is 0 Å². The molecule has 0 aliphatic heterocycles. The predicted molar refractivity (Wildman–Crippen MR) is 70.0 cm³/mol. The van der Waals surface area contributed by atoms with Crippen LogP contribution in [0.3, 0.4) is 0 Å². The molecule has 0 bridgehead atoms. The van der Waals surface area contributed by atoms with Gasteiger partial charge in [-0.15, -0.1) is 6.42 Å². The van der Waals surface area contributed by atoms with E-state index in [1.807, 2.05) is 0 Å². The van der Waals surface area contributed by atoms with E-state index in [1.54, 1.807) is 0 Å². The number of hydrogen-bond donors (Lipinski definition) is 0. The zero-order chi connectivity index (χ0) is 11.6. The minimum atomic E-state index is 0. The fourth-order valence-corrected chi connectivity index (χ4v) is 2.66. The van der Waals surface area contributed by atoms with E-state index in [0.717, 1.165) is 6.42 Å². The van der Waals surface area contributed by atoms with Crippen LogP contribution in [0.5, 0.6) is 0 Å². The molecule has 0 aromatic rings. The molecule has 0 N–H and O–H groups in total. The first kappa shape index (κ1) is 21.7. The first-order chi connectivity index (χ1) is 7.65. The van der Waals surface area contributed by atoms with E-state index in [1.165, 1.54) is 36.0 Å². The maximum atomic E-state index is 3.52. The van der Waals surface area contributed by atoms with Crippen LogP contribution in [-0.2, 0) is 26.2 Å². The summed E-state index contributed by atoms with van der Waals surface area (Å²) >= 11 is 0. The average molecular weight is 375 g/mol. The van der Waals surface area contributed by atoms with Gasteiger partial charge in [-0.25, -0.2) is 5.57 Å². The zero-order valence-electron chi connectivity index (χ0n) is 11.9. The first-order valence-corrected chi connectivity index (χ1v) is 6.35. The van der Waals surface area contributed by atoms with Gasteiger partial charge in [-0.05, 0) is 12.3 Å². The Hall–Kier alpha value is 0.423. The van der Waals surface area contributed by atoms with Gasteiger partial charge in [-0.3, -0.25) is 6.08 Å². The molecule has 3 heteroatoms. The Balaban J connectivity index is 0. The van der Waals surface area contributed by atoms with Gasteiger partial charge < -0.3 is 24.8 Å². The summed E-state index contributed by atoms with van der Waals surface area (Å²) < 4.78 is 0. The molecule has 0 heterocycles. The van der Waals surface area contributed by atoms with Crippen LogP contribution in [0, 0.1) is 11.5 Å². The molecule has 0 aromatic carbocycles. The Morgan fingerprint density at radius 1 is 1.32 bits per heavy atom. The Kier molecular flexibility index (Phi) is 10.7. The largest absolute Gasteiger partial charge is 3.00 e. The van der Waals surface area contributed by atoms with Gasteiger partial charge in [0.15, 0.2) is 0 Å². The van der Waals surface area contributed by atoms with Crippen LogP contribution < -0.4 is 24.8 Å². The maximum Gasteiger partial charge on any atom is 3.00 e. The molecule has 0 amide bonds. The second kappa shape index (κ2) is 9.38. The number of unbranched alkanes of at least 4 members (excludes halogenated alkanes) is 1. The van der Waals surface area contributed by atoms with Gasteiger partial charge in [0, 0.05) is 0 Å². The van der Waals surface area contributed by atoms with Crippen molar-refractivity contribution in [3.63, 3.8) is 0 Å². The summed E-state index contributed by atoms with van der Waals surface area (Å²) in [7, 11) is 0. The van der Waals surface area contributed by atoms with Crippen LogP contribution in [0.25, 0.3) is 0 Å². The topological polar surface area (TPSA) is 0 Å². The molecule has 1 radical (unpaired) electrons. The molecule has 0 nitrogen and oxygen atoms in total. The van der Waals surface area contributed by atoms with Crippen molar-refractivity contribution in [1.29, 1.82) is 0 Å². The Morgan fingerprint density at radius 3 is 2.53 bits per heavy atom. The van der Waals surface area contributed by atoms with Crippen LogP contribution in [0.1, 0.15) is 46.5 Å². The van der Waals surface area contributed by atoms with Gasteiger partial charge in [-0.2, -0.15) is 11.6 Å². The summed E-state index contributed by atoms with van der Waals surface area (Å²) in [5.74, 6) is 0. The van der Waals surface area contributed by atoms with Gasteiger partial charge >= 0.3 is 26.2 Å². The van der Waals surface area contributed by atoms with Gasteiger partial charge in [0.2, 0.25) is 0 Å². The normalized spacial score (nSPS) is 23.6. The standard InChI is InChI=1S/C16H21.2ClH.Zr/c1-4-5-7-14-8-6-9-15(14)16(3)11-10-13(2)12-16;;;/h9-12H,4-7H2,1-3H3;2*1H;/q-1;;;+3/p-2. The van der Waals surface area contributed by atoms with Crippen molar-refractivity contribution in [2.75, 3.05) is 0 Å². The van der Waals surface area contributed by atoms with Crippen LogP contribution >= 0.6 is 0 Å². The number of allylic oxidation sites excluding steroid dienone is 8. The molecule has 0 saturated carbocycles. The van der Waals surface area contributed by atoms with E-state index in [4.69, 9.17) is 0 Å². The summed E-state index contributed by atoms with van der Waals surface area (Å²) in [6.07, 6.45) is 17.5. The minimum Gasteiger partial charge on any atom is -1.00 e. The number of rotatable bonds is 4. The van der Waals surface area contributed by atoms with Crippen LogP contribution in [0.4, 0.5) is 0 Å². The molecule has 2 rings (SSSR count). The second-order valence-electron chi connectivity index (χ2n) is 5.09. The molecule has 1 unspecified atom stereocenters. The third-order valence-electron chi connectivity index (χ3n) is 3.53. The van der Waals surface area contributed by atoms with Crippen molar-refractivity contribution in [3.05, 3.63) is 47.1 Å². The molecule has 0 fully saturated rings. The fraction of sp³-hybridized carbons (Fsp3) is 0.500. The van der Waals surface area contributed by atoms with Crippen molar-refractivity contribution in [2.24, 2.45) is 5.41 Å². The second-order valence-corrected chi connectivity index (χ2v) is 5.09. The van der Waals surface area contributed by atoms with Crippen molar-refractivity contribution in [1.82, 2.24) is 0 Å². The molecule has 1 atom stereocenters. The number of halogens is 2. The van der Waals surface area contributed by atoms with Crippen molar-refractivity contribution >= 4 is 0 Å². The molecule has 2 aliphatic carbocycles. The monoisotopic (exact) mass is 373 g/mol. The number of hydrogen-bond acceptors (Lipinski definition) is 0. The maximum absolute atomic E-state index is 3.52. The molecule has 0 saturated heterocycles. The third kappa shape index (κ3) is 5.03. The molecular formula is C16H21Cl2Zr.